The molecule has 27 heavy (non-hydrogen) atoms. The molecule has 1 aromatic rings. The van der Waals surface area contributed by atoms with Gasteiger partial charge in [-0.25, -0.2) is 0 Å². The van der Waals surface area contributed by atoms with Crippen molar-refractivity contribution in [3.8, 4) is 0 Å². The molecule has 0 aliphatic carbocycles. The maximum atomic E-state index is 4.27. The van der Waals surface area contributed by atoms with E-state index in [0.717, 1.165) is 25.3 Å². The molecule has 1 unspecified atom stereocenters. The van der Waals surface area contributed by atoms with E-state index in [1.807, 2.05) is 12.2 Å². The fourth-order valence-corrected chi connectivity index (χ4v) is 3.75. The molecule has 0 radical (unpaired) electrons. The first kappa shape index (κ1) is 23.4. The first-order chi connectivity index (χ1) is 12.9. The minimum atomic E-state index is 0.436. The smallest absolute Gasteiger partial charge is 0.0302 e. The number of unbranched alkanes of at least 4 members (excludes halogenated alkanes) is 3. The lowest BCUT2D eigenvalue weighted by Crippen LogP contribution is -2.33. The van der Waals surface area contributed by atoms with Crippen LogP contribution >= 0.6 is 0 Å². The van der Waals surface area contributed by atoms with E-state index in [0.29, 0.717) is 6.04 Å². The standard InChI is InChI=1S/C26H41N/c1-8-10-11-12-13-15-24-17-14-16-23(9-2)25(24)20-27(7)26(22(5)6)19-18-21(3)4/h8-9,14,16-17,21,26H,1-2,5,10-13,15,18-20H2,3-4,6-7H3. The third-order valence-electron chi connectivity index (χ3n) is 5.41. The van der Waals surface area contributed by atoms with Crippen LogP contribution in [0, 0.1) is 5.92 Å². The van der Waals surface area contributed by atoms with Crippen LogP contribution < -0.4 is 0 Å². The Morgan fingerprint density at radius 2 is 1.85 bits per heavy atom. The molecule has 0 saturated heterocycles. The Labute approximate surface area is 168 Å². The lowest BCUT2D eigenvalue weighted by atomic mass is 9.94. The topological polar surface area (TPSA) is 3.24 Å². The van der Waals surface area contributed by atoms with Crippen LogP contribution in [0.5, 0.6) is 0 Å². The van der Waals surface area contributed by atoms with Gasteiger partial charge in [-0.05, 0) is 75.1 Å². The van der Waals surface area contributed by atoms with Crippen molar-refractivity contribution >= 4 is 6.08 Å². The summed E-state index contributed by atoms with van der Waals surface area (Å²) >= 11 is 0. The zero-order chi connectivity index (χ0) is 20.2. The monoisotopic (exact) mass is 367 g/mol. The largest absolute Gasteiger partial charge is 0.295 e. The summed E-state index contributed by atoms with van der Waals surface area (Å²) < 4.78 is 0. The molecule has 1 atom stereocenters. The first-order valence-corrected chi connectivity index (χ1v) is 10.6. The van der Waals surface area contributed by atoms with E-state index in [-0.39, 0.29) is 0 Å². The number of likely N-dealkylation sites (N-methyl/N-ethyl adjacent to an activating group) is 1. The Morgan fingerprint density at radius 3 is 2.44 bits per heavy atom. The number of rotatable bonds is 14. The van der Waals surface area contributed by atoms with Crippen LogP contribution in [0.3, 0.4) is 0 Å². The van der Waals surface area contributed by atoms with E-state index in [9.17, 15) is 0 Å². The molecule has 1 rings (SSSR count). The van der Waals surface area contributed by atoms with Crippen LogP contribution in [0.4, 0.5) is 0 Å². The molecule has 150 valence electrons. The van der Waals surface area contributed by atoms with Gasteiger partial charge in [-0.2, -0.15) is 0 Å². The summed E-state index contributed by atoms with van der Waals surface area (Å²) in [6.45, 7) is 19.9. The molecule has 0 aliphatic rings. The summed E-state index contributed by atoms with van der Waals surface area (Å²) in [5.41, 5.74) is 5.45. The third-order valence-corrected chi connectivity index (χ3v) is 5.41. The predicted molar refractivity (Wildman–Crippen MR) is 123 cm³/mol. The van der Waals surface area contributed by atoms with Gasteiger partial charge in [0.25, 0.3) is 0 Å². The van der Waals surface area contributed by atoms with E-state index in [4.69, 9.17) is 0 Å². The second-order valence-corrected chi connectivity index (χ2v) is 8.33. The van der Waals surface area contributed by atoms with Gasteiger partial charge in [0.2, 0.25) is 0 Å². The molecule has 0 bridgehead atoms. The van der Waals surface area contributed by atoms with Crippen LogP contribution in [0.1, 0.15) is 76.0 Å². The summed E-state index contributed by atoms with van der Waals surface area (Å²) in [5.74, 6) is 0.729. The lowest BCUT2D eigenvalue weighted by Gasteiger charge is -2.30. The molecular weight excluding hydrogens is 326 g/mol. The van der Waals surface area contributed by atoms with E-state index < -0.39 is 0 Å². The van der Waals surface area contributed by atoms with Gasteiger partial charge in [0.15, 0.2) is 0 Å². The Hall–Kier alpha value is -1.60. The fourth-order valence-electron chi connectivity index (χ4n) is 3.75. The molecule has 0 N–H and O–H groups in total. The zero-order valence-electron chi connectivity index (χ0n) is 18.3. The quantitative estimate of drug-likeness (QED) is 0.244. The Kier molecular flexibility index (Phi) is 11.0. The number of nitrogens with zero attached hydrogens (tertiary/aromatic N) is 1. The van der Waals surface area contributed by atoms with Gasteiger partial charge in [-0.3, -0.25) is 4.90 Å². The van der Waals surface area contributed by atoms with Crippen molar-refractivity contribution in [1.82, 2.24) is 4.90 Å². The van der Waals surface area contributed by atoms with E-state index in [1.165, 1.54) is 54.4 Å². The fraction of sp³-hybridized carbons (Fsp3) is 0.538. The van der Waals surface area contributed by atoms with Gasteiger partial charge >= 0.3 is 0 Å². The van der Waals surface area contributed by atoms with Gasteiger partial charge in [0.1, 0.15) is 0 Å². The lowest BCUT2D eigenvalue weighted by molar-refractivity contribution is 0.241. The van der Waals surface area contributed by atoms with Crippen molar-refractivity contribution in [2.75, 3.05) is 7.05 Å². The number of hydrogen-bond donors (Lipinski definition) is 0. The maximum Gasteiger partial charge on any atom is 0.0302 e. The van der Waals surface area contributed by atoms with Gasteiger partial charge in [0.05, 0.1) is 0 Å². The number of hydrogen-bond acceptors (Lipinski definition) is 1. The number of aryl methyl sites for hydroxylation is 1. The first-order valence-electron chi connectivity index (χ1n) is 10.6. The van der Waals surface area contributed by atoms with Crippen molar-refractivity contribution in [2.45, 2.75) is 78.3 Å². The molecule has 0 fully saturated rings. The number of benzene rings is 1. The maximum absolute atomic E-state index is 4.27. The highest BCUT2D eigenvalue weighted by atomic mass is 15.1. The van der Waals surface area contributed by atoms with Crippen molar-refractivity contribution in [3.05, 3.63) is 66.3 Å². The van der Waals surface area contributed by atoms with Gasteiger partial charge in [0, 0.05) is 12.6 Å². The molecule has 0 amide bonds. The minimum absolute atomic E-state index is 0.436. The Morgan fingerprint density at radius 1 is 1.11 bits per heavy atom. The number of allylic oxidation sites excluding steroid dienone is 1. The molecule has 0 heterocycles. The molecule has 0 aliphatic heterocycles. The van der Waals surface area contributed by atoms with Crippen molar-refractivity contribution in [1.29, 1.82) is 0 Å². The van der Waals surface area contributed by atoms with Crippen LogP contribution in [-0.4, -0.2) is 18.0 Å². The Bertz CT molecular complexity index is 596. The molecule has 0 spiro atoms. The van der Waals surface area contributed by atoms with Gasteiger partial charge < -0.3 is 0 Å². The van der Waals surface area contributed by atoms with Crippen molar-refractivity contribution < 1.29 is 0 Å². The molecule has 1 nitrogen and oxygen atoms in total. The molecule has 0 aromatic heterocycles. The van der Waals surface area contributed by atoms with E-state index >= 15 is 0 Å². The van der Waals surface area contributed by atoms with Crippen LogP contribution in [-0.2, 0) is 13.0 Å². The molecule has 0 saturated carbocycles. The third kappa shape index (κ3) is 8.30. The second-order valence-electron chi connectivity index (χ2n) is 8.33. The van der Waals surface area contributed by atoms with Crippen LogP contribution in [0.15, 0.2) is 49.6 Å². The Balaban J connectivity index is 2.89. The summed E-state index contributed by atoms with van der Waals surface area (Å²) in [6.07, 6.45) is 12.5. The molecule has 1 heteroatoms. The highest BCUT2D eigenvalue weighted by Gasteiger charge is 2.18. The van der Waals surface area contributed by atoms with Crippen molar-refractivity contribution in [2.24, 2.45) is 5.92 Å². The average molecular weight is 368 g/mol. The SMILES string of the molecule is C=CCCCCCc1cccc(C=C)c1CN(C)C(CCC(C)C)C(=C)C. The zero-order valence-corrected chi connectivity index (χ0v) is 18.3. The highest BCUT2D eigenvalue weighted by Crippen LogP contribution is 2.24. The average Bonchev–Trinajstić information content (AvgIpc) is 2.62. The van der Waals surface area contributed by atoms with Gasteiger partial charge in [-0.15, -0.1) is 6.58 Å². The summed E-state index contributed by atoms with van der Waals surface area (Å²) in [4.78, 5) is 2.48. The van der Waals surface area contributed by atoms with E-state index in [2.05, 4.69) is 70.7 Å². The van der Waals surface area contributed by atoms with Gasteiger partial charge in [-0.1, -0.05) is 69.4 Å². The highest BCUT2D eigenvalue weighted by molar-refractivity contribution is 5.54. The minimum Gasteiger partial charge on any atom is -0.295 e. The van der Waals surface area contributed by atoms with E-state index in [1.54, 1.807) is 0 Å². The molecular formula is C26H41N. The normalized spacial score (nSPS) is 12.4. The summed E-state index contributed by atoms with van der Waals surface area (Å²) in [6, 6.07) is 7.11. The summed E-state index contributed by atoms with van der Waals surface area (Å²) in [7, 11) is 2.24. The van der Waals surface area contributed by atoms with Crippen molar-refractivity contribution in [3.63, 3.8) is 0 Å². The van der Waals surface area contributed by atoms with Crippen LogP contribution in [0.2, 0.25) is 0 Å². The predicted octanol–water partition coefficient (Wildman–Crippen LogP) is 7.43. The summed E-state index contributed by atoms with van der Waals surface area (Å²) in [5, 5.41) is 0. The molecule has 1 aromatic carbocycles. The second kappa shape index (κ2) is 12.7. The van der Waals surface area contributed by atoms with Crippen LogP contribution in [0.25, 0.3) is 6.08 Å².